The van der Waals surface area contributed by atoms with Gasteiger partial charge in [0.25, 0.3) is 0 Å². The first-order valence-electron chi connectivity index (χ1n) is 5.75. The molecule has 4 heteroatoms. The van der Waals surface area contributed by atoms with Crippen molar-refractivity contribution in [2.75, 3.05) is 23.7 Å². The van der Waals surface area contributed by atoms with Crippen LogP contribution in [0.15, 0.2) is 18.2 Å². The summed E-state index contributed by atoms with van der Waals surface area (Å²) in [6.07, 6.45) is 0. The van der Waals surface area contributed by atoms with Crippen LogP contribution in [0.3, 0.4) is 0 Å². The molecular formula is C13H16ClNOS. The van der Waals surface area contributed by atoms with Gasteiger partial charge in [0.1, 0.15) is 0 Å². The molecule has 0 N–H and O–H groups in total. The van der Waals surface area contributed by atoms with E-state index in [0.717, 1.165) is 24.5 Å². The molecule has 0 aliphatic carbocycles. The SMILES string of the molecule is CC(=O)c1ccc(N2CCSC(C)C2)cc1Cl. The number of hydrogen-bond donors (Lipinski definition) is 0. The minimum Gasteiger partial charge on any atom is -0.370 e. The molecule has 0 amide bonds. The number of nitrogens with zero attached hydrogens (tertiary/aromatic N) is 1. The highest BCUT2D eigenvalue weighted by atomic mass is 35.5. The number of hydrogen-bond acceptors (Lipinski definition) is 3. The third kappa shape index (κ3) is 2.96. The first kappa shape index (κ1) is 12.8. The molecule has 1 fully saturated rings. The maximum Gasteiger partial charge on any atom is 0.161 e. The van der Waals surface area contributed by atoms with Crippen molar-refractivity contribution in [1.82, 2.24) is 0 Å². The van der Waals surface area contributed by atoms with E-state index >= 15 is 0 Å². The van der Waals surface area contributed by atoms with E-state index in [1.54, 1.807) is 6.92 Å². The predicted octanol–water partition coefficient (Wildman–Crippen LogP) is 3.48. The molecule has 0 bridgehead atoms. The van der Waals surface area contributed by atoms with Gasteiger partial charge in [-0.15, -0.1) is 0 Å². The number of Topliss-reactive ketones (excluding diaryl/α,β-unsaturated/α-hetero) is 1. The summed E-state index contributed by atoms with van der Waals surface area (Å²) < 4.78 is 0. The van der Waals surface area contributed by atoms with Gasteiger partial charge < -0.3 is 4.90 Å². The van der Waals surface area contributed by atoms with Gasteiger partial charge in [0, 0.05) is 35.3 Å². The fraction of sp³-hybridized carbons (Fsp3) is 0.462. The van der Waals surface area contributed by atoms with Gasteiger partial charge in [-0.1, -0.05) is 18.5 Å². The number of rotatable bonds is 2. The third-order valence-electron chi connectivity index (χ3n) is 2.94. The Hall–Kier alpha value is -0.670. The molecular weight excluding hydrogens is 254 g/mol. The van der Waals surface area contributed by atoms with Crippen LogP contribution in [0, 0.1) is 0 Å². The molecule has 1 saturated heterocycles. The molecule has 1 atom stereocenters. The Morgan fingerprint density at radius 3 is 2.88 bits per heavy atom. The zero-order valence-electron chi connectivity index (χ0n) is 10.1. The van der Waals surface area contributed by atoms with Gasteiger partial charge in [-0.05, 0) is 25.1 Å². The Kier molecular flexibility index (Phi) is 4.00. The highest BCUT2D eigenvalue weighted by molar-refractivity contribution is 8.00. The van der Waals surface area contributed by atoms with Crippen molar-refractivity contribution in [2.45, 2.75) is 19.1 Å². The summed E-state index contributed by atoms with van der Waals surface area (Å²) in [5, 5.41) is 1.20. The maximum atomic E-state index is 11.3. The summed E-state index contributed by atoms with van der Waals surface area (Å²) in [4.78, 5) is 13.6. The van der Waals surface area contributed by atoms with Crippen molar-refractivity contribution in [3.8, 4) is 0 Å². The number of ketones is 1. The molecule has 1 aliphatic heterocycles. The quantitative estimate of drug-likeness (QED) is 0.767. The van der Waals surface area contributed by atoms with Crippen LogP contribution >= 0.6 is 23.4 Å². The summed E-state index contributed by atoms with van der Waals surface area (Å²) in [6.45, 7) is 5.87. The monoisotopic (exact) mass is 269 g/mol. The lowest BCUT2D eigenvalue weighted by atomic mass is 10.1. The topological polar surface area (TPSA) is 20.3 Å². The lowest BCUT2D eigenvalue weighted by Gasteiger charge is -2.32. The van der Waals surface area contributed by atoms with Crippen LogP contribution < -0.4 is 4.90 Å². The van der Waals surface area contributed by atoms with Gasteiger partial charge >= 0.3 is 0 Å². The molecule has 0 aromatic heterocycles. The second-order valence-corrected chi connectivity index (χ2v) is 6.30. The van der Waals surface area contributed by atoms with Crippen molar-refractivity contribution in [3.05, 3.63) is 28.8 Å². The van der Waals surface area contributed by atoms with Crippen molar-refractivity contribution in [3.63, 3.8) is 0 Å². The second kappa shape index (κ2) is 5.32. The van der Waals surface area contributed by atoms with Crippen LogP contribution in [-0.2, 0) is 0 Å². The highest BCUT2D eigenvalue weighted by Gasteiger charge is 2.18. The Morgan fingerprint density at radius 1 is 1.53 bits per heavy atom. The first-order valence-corrected chi connectivity index (χ1v) is 7.17. The van der Waals surface area contributed by atoms with E-state index in [2.05, 4.69) is 11.8 Å². The van der Waals surface area contributed by atoms with E-state index < -0.39 is 0 Å². The Morgan fingerprint density at radius 2 is 2.29 bits per heavy atom. The second-order valence-electron chi connectivity index (χ2n) is 4.35. The number of carbonyl (C=O) groups excluding carboxylic acids is 1. The van der Waals surface area contributed by atoms with Crippen LogP contribution in [0.5, 0.6) is 0 Å². The van der Waals surface area contributed by atoms with Gasteiger partial charge in [-0.25, -0.2) is 0 Å². The van der Waals surface area contributed by atoms with Gasteiger partial charge in [-0.3, -0.25) is 4.79 Å². The third-order valence-corrected chi connectivity index (χ3v) is 4.39. The van der Waals surface area contributed by atoms with Crippen LogP contribution in [0.4, 0.5) is 5.69 Å². The van der Waals surface area contributed by atoms with Crippen LogP contribution in [0.1, 0.15) is 24.2 Å². The number of benzene rings is 1. The van der Waals surface area contributed by atoms with Crippen molar-refractivity contribution in [2.24, 2.45) is 0 Å². The molecule has 1 aromatic carbocycles. The standard InChI is InChI=1S/C13H16ClNOS/c1-9-8-15(5-6-17-9)11-3-4-12(10(2)16)13(14)7-11/h3-4,7,9H,5-6,8H2,1-2H3. The van der Waals surface area contributed by atoms with Crippen molar-refractivity contribution >= 4 is 34.8 Å². The summed E-state index contributed by atoms with van der Waals surface area (Å²) in [6, 6.07) is 5.72. The Labute approximate surface area is 111 Å². The highest BCUT2D eigenvalue weighted by Crippen LogP contribution is 2.28. The fourth-order valence-corrected chi connectivity index (χ4v) is 3.36. The number of halogens is 1. The van der Waals surface area contributed by atoms with Gasteiger partial charge in [-0.2, -0.15) is 11.8 Å². The smallest absolute Gasteiger partial charge is 0.161 e. The number of anilines is 1. The lowest BCUT2D eigenvalue weighted by molar-refractivity contribution is 0.101. The van der Waals surface area contributed by atoms with E-state index in [-0.39, 0.29) is 5.78 Å². The van der Waals surface area contributed by atoms with Crippen molar-refractivity contribution < 1.29 is 4.79 Å². The molecule has 0 radical (unpaired) electrons. The van der Waals surface area contributed by atoms with Gasteiger partial charge in [0.05, 0.1) is 5.02 Å². The fourth-order valence-electron chi connectivity index (χ4n) is 2.04. The summed E-state index contributed by atoms with van der Waals surface area (Å²) >= 11 is 8.13. The molecule has 1 aromatic rings. The predicted molar refractivity (Wildman–Crippen MR) is 75.6 cm³/mol. The lowest BCUT2D eigenvalue weighted by Crippen LogP contribution is -2.36. The molecule has 92 valence electrons. The molecule has 0 spiro atoms. The first-order chi connectivity index (χ1) is 8.08. The average molecular weight is 270 g/mol. The average Bonchev–Trinajstić information content (AvgIpc) is 2.28. The van der Waals surface area contributed by atoms with E-state index in [1.807, 2.05) is 30.0 Å². The Balaban J connectivity index is 2.22. The van der Waals surface area contributed by atoms with E-state index in [1.165, 1.54) is 0 Å². The van der Waals surface area contributed by atoms with Crippen LogP contribution in [0.25, 0.3) is 0 Å². The molecule has 1 aliphatic rings. The zero-order valence-corrected chi connectivity index (χ0v) is 11.6. The summed E-state index contributed by atoms with van der Waals surface area (Å²) in [7, 11) is 0. The molecule has 1 unspecified atom stereocenters. The molecule has 1 heterocycles. The van der Waals surface area contributed by atoms with Crippen LogP contribution in [0.2, 0.25) is 5.02 Å². The van der Waals surface area contributed by atoms with Crippen LogP contribution in [-0.4, -0.2) is 29.9 Å². The molecule has 0 saturated carbocycles. The minimum atomic E-state index is 0.0177. The summed E-state index contributed by atoms with van der Waals surface area (Å²) in [5.41, 5.74) is 1.72. The molecule has 17 heavy (non-hydrogen) atoms. The number of carbonyl (C=O) groups is 1. The molecule has 2 nitrogen and oxygen atoms in total. The summed E-state index contributed by atoms with van der Waals surface area (Å²) in [5.74, 6) is 1.16. The molecule has 2 rings (SSSR count). The Bertz CT molecular complexity index is 435. The van der Waals surface area contributed by atoms with Gasteiger partial charge in [0.2, 0.25) is 0 Å². The van der Waals surface area contributed by atoms with E-state index in [9.17, 15) is 4.79 Å². The minimum absolute atomic E-state index is 0.0177. The zero-order chi connectivity index (χ0) is 12.4. The van der Waals surface area contributed by atoms with E-state index in [4.69, 9.17) is 11.6 Å². The largest absolute Gasteiger partial charge is 0.370 e. The van der Waals surface area contributed by atoms with Crippen molar-refractivity contribution in [1.29, 1.82) is 0 Å². The van der Waals surface area contributed by atoms with E-state index in [0.29, 0.717) is 15.8 Å². The maximum absolute atomic E-state index is 11.3. The number of thioether (sulfide) groups is 1. The normalized spacial score (nSPS) is 20.4. The van der Waals surface area contributed by atoms with Gasteiger partial charge in [0.15, 0.2) is 5.78 Å².